The molecule has 1 aliphatic carbocycles. The summed E-state index contributed by atoms with van der Waals surface area (Å²) in [4.78, 5) is 14.2. The van der Waals surface area contributed by atoms with Crippen molar-refractivity contribution in [1.82, 2.24) is 4.98 Å². The number of nitrogens with zero attached hydrogens (tertiary/aromatic N) is 1. The highest BCUT2D eigenvalue weighted by Crippen LogP contribution is 2.53. The SMILES string of the molecule is O=C(O)CC1(c2ccncc2C(F)(F)F)CC1. The van der Waals surface area contributed by atoms with E-state index in [1.54, 1.807) is 0 Å². The van der Waals surface area contributed by atoms with Gasteiger partial charge in [-0.25, -0.2) is 0 Å². The van der Waals surface area contributed by atoms with Gasteiger partial charge in [-0.05, 0) is 24.5 Å². The van der Waals surface area contributed by atoms with Crippen molar-refractivity contribution < 1.29 is 23.1 Å². The molecule has 1 aromatic heterocycles. The number of hydrogen-bond acceptors (Lipinski definition) is 2. The van der Waals surface area contributed by atoms with Crippen molar-refractivity contribution in [2.75, 3.05) is 0 Å². The average Bonchev–Trinajstić information content (AvgIpc) is 2.97. The van der Waals surface area contributed by atoms with E-state index in [2.05, 4.69) is 4.98 Å². The molecular weight excluding hydrogens is 235 g/mol. The largest absolute Gasteiger partial charge is 0.481 e. The number of aromatic nitrogens is 1. The lowest BCUT2D eigenvalue weighted by atomic mass is 9.89. The fraction of sp³-hybridized carbons (Fsp3) is 0.455. The average molecular weight is 245 g/mol. The van der Waals surface area contributed by atoms with Crippen molar-refractivity contribution in [3.63, 3.8) is 0 Å². The summed E-state index contributed by atoms with van der Waals surface area (Å²) in [6.07, 6.45) is -1.76. The van der Waals surface area contributed by atoms with Crippen molar-refractivity contribution in [3.05, 3.63) is 29.6 Å². The third-order valence-corrected chi connectivity index (χ3v) is 3.04. The predicted octanol–water partition coefficient (Wildman–Crippen LogP) is 2.61. The molecule has 17 heavy (non-hydrogen) atoms. The molecule has 1 N–H and O–H groups in total. The standard InChI is InChI=1S/C11H10F3NO2/c12-11(13,14)8-6-15-4-1-7(8)10(2-3-10)5-9(16)17/h1,4,6H,2-3,5H2,(H,16,17). The number of alkyl halides is 3. The van der Waals surface area contributed by atoms with Crippen LogP contribution in [0.4, 0.5) is 13.2 Å². The Kier molecular flexibility index (Phi) is 2.60. The molecule has 1 aromatic rings. The van der Waals surface area contributed by atoms with Crippen LogP contribution in [0.5, 0.6) is 0 Å². The Morgan fingerprint density at radius 2 is 2.12 bits per heavy atom. The van der Waals surface area contributed by atoms with Gasteiger partial charge in [0.25, 0.3) is 0 Å². The van der Waals surface area contributed by atoms with Gasteiger partial charge in [-0.1, -0.05) is 0 Å². The summed E-state index contributed by atoms with van der Waals surface area (Å²) >= 11 is 0. The number of carboxylic acid groups (broad SMARTS) is 1. The molecule has 2 rings (SSSR count). The van der Waals surface area contributed by atoms with Gasteiger partial charge < -0.3 is 5.11 Å². The van der Waals surface area contributed by atoms with E-state index in [0.717, 1.165) is 6.20 Å². The Morgan fingerprint density at radius 1 is 1.47 bits per heavy atom. The maximum atomic E-state index is 12.8. The monoisotopic (exact) mass is 245 g/mol. The van der Waals surface area contributed by atoms with Crippen LogP contribution in [0.2, 0.25) is 0 Å². The van der Waals surface area contributed by atoms with Crippen molar-refractivity contribution in [1.29, 1.82) is 0 Å². The van der Waals surface area contributed by atoms with E-state index >= 15 is 0 Å². The maximum absolute atomic E-state index is 12.8. The van der Waals surface area contributed by atoms with Gasteiger partial charge in [0.1, 0.15) is 0 Å². The Hall–Kier alpha value is -1.59. The second-order valence-corrected chi connectivity index (χ2v) is 4.27. The van der Waals surface area contributed by atoms with E-state index in [1.807, 2.05) is 0 Å². The van der Waals surface area contributed by atoms with E-state index in [0.29, 0.717) is 12.8 Å². The topological polar surface area (TPSA) is 50.2 Å². The maximum Gasteiger partial charge on any atom is 0.418 e. The van der Waals surface area contributed by atoms with Gasteiger partial charge in [-0.2, -0.15) is 13.2 Å². The first kappa shape index (κ1) is 11.9. The fourth-order valence-corrected chi connectivity index (χ4v) is 2.06. The van der Waals surface area contributed by atoms with E-state index in [-0.39, 0.29) is 12.0 Å². The first-order valence-electron chi connectivity index (χ1n) is 5.09. The number of rotatable bonds is 3. The molecule has 6 heteroatoms. The van der Waals surface area contributed by atoms with Gasteiger partial charge in [-0.3, -0.25) is 9.78 Å². The smallest absolute Gasteiger partial charge is 0.418 e. The number of hydrogen-bond donors (Lipinski definition) is 1. The Labute approximate surface area is 95.3 Å². The predicted molar refractivity (Wildman–Crippen MR) is 52.4 cm³/mol. The molecule has 0 unspecified atom stereocenters. The lowest BCUT2D eigenvalue weighted by molar-refractivity contribution is -0.141. The van der Waals surface area contributed by atoms with Gasteiger partial charge >= 0.3 is 12.1 Å². The molecule has 0 aliphatic heterocycles. The van der Waals surface area contributed by atoms with Crippen molar-refractivity contribution >= 4 is 5.97 Å². The minimum atomic E-state index is -4.49. The quantitative estimate of drug-likeness (QED) is 0.890. The minimum Gasteiger partial charge on any atom is -0.481 e. The van der Waals surface area contributed by atoms with Crippen molar-refractivity contribution in [3.8, 4) is 0 Å². The molecule has 1 fully saturated rings. The summed E-state index contributed by atoms with van der Waals surface area (Å²) in [6, 6.07) is 1.28. The lowest BCUT2D eigenvalue weighted by Gasteiger charge is -2.18. The lowest BCUT2D eigenvalue weighted by Crippen LogP contribution is -2.19. The minimum absolute atomic E-state index is 0.0578. The summed E-state index contributed by atoms with van der Waals surface area (Å²) in [5.41, 5.74) is -1.61. The molecule has 1 aliphatic rings. The summed E-state index contributed by atoms with van der Waals surface area (Å²) in [6.45, 7) is 0. The van der Waals surface area contributed by atoms with Crippen LogP contribution in [0, 0.1) is 0 Å². The molecule has 3 nitrogen and oxygen atoms in total. The van der Waals surface area contributed by atoms with Gasteiger partial charge in [0.05, 0.1) is 12.0 Å². The van der Waals surface area contributed by atoms with Crippen LogP contribution in [-0.4, -0.2) is 16.1 Å². The molecule has 0 aromatic carbocycles. The zero-order valence-corrected chi connectivity index (χ0v) is 8.79. The van der Waals surface area contributed by atoms with Crippen LogP contribution in [-0.2, 0) is 16.4 Å². The molecule has 0 atom stereocenters. The highest BCUT2D eigenvalue weighted by atomic mass is 19.4. The van der Waals surface area contributed by atoms with E-state index in [1.165, 1.54) is 12.3 Å². The second-order valence-electron chi connectivity index (χ2n) is 4.27. The number of carbonyl (C=O) groups is 1. The molecular formula is C11H10F3NO2. The summed E-state index contributed by atoms with van der Waals surface area (Å²) in [5.74, 6) is -1.08. The van der Waals surface area contributed by atoms with Crippen LogP contribution < -0.4 is 0 Å². The van der Waals surface area contributed by atoms with Gasteiger partial charge in [0.15, 0.2) is 0 Å². The van der Waals surface area contributed by atoms with Crippen LogP contribution >= 0.6 is 0 Å². The number of carboxylic acids is 1. The van der Waals surface area contributed by atoms with Gasteiger partial charge in [-0.15, -0.1) is 0 Å². The normalized spacial score (nSPS) is 17.8. The molecule has 92 valence electrons. The highest BCUT2D eigenvalue weighted by molar-refractivity contribution is 5.70. The summed E-state index contributed by atoms with van der Waals surface area (Å²) in [7, 11) is 0. The van der Waals surface area contributed by atoms with E-state index < -0.39 is 23.1 Å². The molecule has 0 amide bonds. The molecule has 0 spiro atoms. The third kappa shape index (κ3) is 2.25. The fourth-order valence-electron chi connectivity index (χ4n) is 2.06. The summed E-state index contributed by atoms with van der Waals surface area (Å²) < 4.78 is 38.3. The summed E-state index contributed by atoms with van der Waals surface area (Å²) in [5, 5.41) is 8.75. The van der Waals surface area contributed by atoms with Gasteiger partial charge in [0, 0.05) is 17.8 Å². The Morgan fingerprint density at radius 3 is 2.59 bits per heavy atom. The second kappa shape index (κ2) is 3.72. The van der Waals surface area contributed by atoms with Crippen molar-refractivity contribution in [2.24, 2.45) is 0 Å². The Bertz CT molecular complexity index is 452. The third-order valence-electron chi connectivity index (χ3n) is 3.04. The van der Waals surface area contributed by atoms with E-state index in [9.17, 15) is 18.0 Å². The van der Waals surface area contributed by atoms with Crippen LogP contribution in [0.1, 0.15) is 30.4 Å². The Balaban J connectivity index is 2.43. The molecule has 1 saturated carbocycles. The number of halogens is 3. The van der Waals surface area contributed by atoms with E-state index in [4.69, 9.17) is 5.11 Å². The molecule has 0 radical (unpaired) electrons. The first-order chi connectivity index (χ1) is 7.85. The highest BCUT2D eigenvalue weighted by Gasteiger charge is 2.50. The van der Waals surface area contributed by atoms with Crippen LogP contribution in [0.15, 0.2) is 18.5 Å². The van der Waals surface area contributed by atoms with Crippen LogP contribution in [0.3, 0.4) is 0 Å². The zero-order chi connectivity index (χ0) is 12.7. The van der Waals surface area contributed by atoms with Crippen LogP contribution in [0.25, 0.3) is 0 Å². The molecule has 1 heterocycles. The molecule has 0 saturated heterocycles. The number of pyridine rings is 1. The first-order valence-corrected chi connectivity index (χ1v) is 5.09. The van der Waals surface area contributed by atoms with Crippen molar-refractivity contribution in [2.45, 2.75) is 30.9 Å². The zero-order valence-electron chi connectivity index (χ0n) is 8.79. The molecule has 0 bridgehead atoms. The van der Waals surface area contributed by atoms with Gasteiger partial charge in [0.2, 0.25) is 0 Å². The number of aliphatic carboxylic acids is 1.